The number of rotatable bonds is 2. The number of aromatic nitrogens is 1. The molecule has 1 unspecified atom stereocenters. The molecule has 12 heavy (non-hydrogen) atoms. The molecule has 0 aliphatic rings. The minimum absolute atomic E-state index is 0.00694. The summed E-state index contributed by atoms with van der Waals surface area (Å²) in [6.07, 6.45) is 1.42. The predicted molar refractivity (Wildman–Crippen MR) is 42.8 cm³/mol. The van der Waals surface area contributed by atoms with E-state index in [2.05, 4.69) is 4.98 Å². The summed E-state index contributed by atoms with van der Waals surface area (Å²) in [5, 5.41) is 9.55. The molecule has 66 valence electrons. The van der Waals surface area contributed by atoms with Crippen molar-refractivity contribution in [2.75, 3.05) is 6.54 Å². The zero-order chi connectivity index (χ0) is 9.19. The molecule has 0 aliphatic heterocycles. The van der Waals surface area contributed by atoms with Crippen LogP contribution in [0.1, 0.15) is 12.6 Å². The van der Waals surface area contributed by atoms with E-state index in [9.17, 15) is 9.50 Å². The Balaban J connectivity index is 3.10. The van der Waals surface area contributed by atoms with Gasteiger partial charge in [0.25, 0.3) is 0 Å². The first kappa shape index (κ1) is 9.09. The first-order valence-corrected chi connectivity index (χ1v) is 3.61. The summed E-state index contributed by atoms with van der Waals surface area (Å²) < 4.78 is 13.0. The van der Waals surface area contributed by atoms with Crippen LogP contribution in [0.4, 0.5) is 4.39 Å². The Morgan fingerprint density at radius 3 is 2.92 bits per heavy atom. The molecule has 1 aromatic heterocycles. The summed E-state index contributed by atoms with van der Waals surface area (Å²) in [5.41, 5.74) is 3.86. The van der Waals surface area contributed by atoms with Crippen molar-refractivity contribution in [2.45, 2.75) is 12.5 Å². The Morgan fingerprint density at radius 1 is 1.75 bits per heavy atom. The van der Waals surface area contributed by atoms with Gasteiger partial charge in [-0.15, -0.1) is 0 Å². The Bertz CT molecular complexity index is 276. The third kappa shape index (κ3) is 1.60. The summed E-state index contributed by atoms with van der Waals surface area (Å²) in [6, 6.07) is 2.71. The quantitative estimate of drug-likeness (QED) is 0.674. The monoisotopic (exact) mass is 170 g/mol. The van der Waals surface area contributed by atoms with Gasteiger partial charge in [-0.3, -0.25) is 4.98 Å². The third-order valence-electron chi connectivity index (χ3n) is 1.67. The predicted octanol–water partition coefficient (Wildman–Crippen LogP) is 0.387. The van der Waals surface area contributed by atoms with Gasteiger partial charge in [0.15, 0.2) is 0 Å². The van der Waals surface area contributed by atoms with Crippen LogP contribution in [0.2, 0.25) is 0 Å². The highest BCUT2D eigenvalue weighted by molar-refractivity contribution is 5.14. The lowest BCUT2D eigenvalue weighted by Gasteiger charge is -2.20. The summed E-state index contributed by atoms with van der Waals surface area (Å²) in [6.45, 7) is 1.37. The van der Waals surface area contributed by atoms with Gasteiger partial charge in [0.05, 0.1) is 0 Å². The van der Waals surface area contributed by atoms with Crippen molar-refractivity contribution < 1.29 is 9.50 Å². The number of hydrogen-bond acceptors (Lipinski definition) is 3. The highest BCUT2D eigenvalue weighted by Gasteiger charge is 2.25. The molecule has 0 aliphatic carbocycles. The van der Waals surface area contributed by atoms with Gasteiger partial charge in [-0.2, -0.15) is 0 Å². The average molecular weight is 170 g/mol. The minimum Gasteiger partial charge on any atom is -0.382 e. The van der Waals surface area contributed by atoms with E-state index in [1.807, 2.05) is 0 Å². The second-order valence-corrected chi connectivity index (χ2v) is 2.81. The standard InChI is InChI=1S/C8H11FN2O/c1-8(12,5-10)7-6(9)3-2-4-11-7/h2-4,12H,5,10H2,1H3. The van der Waals surface area contributed by atoms with Gasteiger partial charge < -0.3 is 10.8 Å². The highest BCUT2D eigenvalue weighted by atomic mass is 19.1. The van der Waals surface area contributed by atoms with Gasteiger partial charge in [-0.25, -0.2) is 4.39 Å². The lowest BCUT2D eigenvalue weighted by Crippen LogP contribution is -2.33. The first-order valence-electron chi connectivity index (χ1n) is 3.61. The summed E-state index contributed by atoms with van der Waals surface area (Å²) in [5.74, 6) is -0.534. The molecule has 0 saturated heterocycles. The van der Waals surface area contributed by atoms with E-state index in [0.717, 1.165) is 0 Å². The lowest BCUT2D eigenvalue weighted by molar-refractivity contribution is 0.0580. The summed E-state index contributed by atoms with van der Waals surface area (Å²) in [7, 11) is 0. The van der Waals surface area contributed by atoms with Crippen molar-refractivity contribution in [3.63, 3.8) is 0 Å². The van der Waals surface area contributed by atoms with Gasteiger partial charge in [0, 0.05) is 12.7 Å². The number of pyridine rings is 1. The maximum Gasteiger partial charge on any atom is 0.147 e. The number of nitrogens with two attached hydrogens (primary N) is 1. The Hall–Kier alpha value is -1.00. The van der Waals surface area contributed by atoms with Crippen molar-refractivity contribution in [3.8, 4) is 0 Å². The van der Waals surface area contributed by atoms with E-state index < -0.39 is 11.4 Å². The van der Waals surface area contributed by atoms with Crippen molar-refractivity contribution in [3.05, 3.63) is 29.8 Å². The van der Waals surface area contributed by atoms with E-state index in [4.69, 9.17) is 5.73 Å². The van der Waals surface area contributed by atoms with E-state index in [-0.39, 0.29) is 12.2 Å². The van der Waals surface area contributed by atoms with Gasteiger partial charge in [0.2, 0.25) is 0 Å². The third-order valence-corrected chi connectivity index (χ3v) is 1.67. The number of aliphatic hydroxyl groups is 1. The van der Waals surface area contributed by atoms with Crippen LogP contribution < -0.4 is 5.73 Å². The first-order chi connectivity index (χ1) is 5.58. The van der Waals surface area contributed by atoms with Gasteiger partial charge in [-0.05, 0) is 19.1 Å². The maximum atomic E-state index is 13.0. The molecule has 4 heteroatoms. The zero-order valence-electron chi connectivity index (χ0n) is 6.79. The average Bonchev–Trinajstić information content (AvgIpc) is 2.05. The molecule has 0 bridgehead atoms. The largest absolute Gasteiger partial charge is 0.382 e. The molecular weight excluding hydrogens is 159 g/mol. The van der Waals surface area contributed by atoms with E-state index >= 15 is 0 Å². The van der Waals surface area contributed by atoms with Crippen LogP contribution in [-0.4, -0.2) is 16.6 Å². The highest BCUT2D eigenvalue weighted by Crippen LogP contribution is 2.18. The molecule has 1 heterocycles. The molecule has 0 fully saturated rings. The van der Waals surface area contributed by atoms with Crippen LogP contribution in [0.15, 0.2) is 18.3 Å². The van der Waals surface area contributed by atoms with Crippen LogP contribution in [0.3, 0.4) is 0 Å². The van der Waals surface area contributed by atoms with Crippen molar-refractivity contribution >= 4 is 0 Å². The van der Waals surface area contributed by atoms with Crippen LogP contribution in [-0.2, 0) is 5.60 Å². The fourth-order valence-corrected chi connectivity index (χ4v) is 0.879. The fourth-order valence-electron chi connectivity index (χ4n) is 0.879. The molecule has 0 radical (unpaired) electrons. The lowest BCUT2D eigenvalue weighted by atomic mass is 10.0. The molecular formula is C8H11FN2O. The van der Waals surface area contributed by atoms with E-state index in [0.29, 0.717) is 0 Å². The van der Waals surface area contributed by atoms with Crippen molar-refractivity contribution in [1.82, 2.24) is 4.98 Å². The summed E-state index contributed by atoms with van der Waals surface area (Å²) in [4.78, 5) is 3.72. The van der Waals surface area contributed by atoms with Gasteiger partial charge in [0.1, 0.15) is 17.1 Å². The van der Waals surface area contributed by atoms with Crippen LogP contribution in [0.25, 0.3) is 0 Å². The molecule has 1 rings (SSSR count). The Morgan fingerprint density at radius 2 is 2.42 bits per heavy atom. The number of nitrogens with zero attached hydrogens (tertiary/aromatic N) is 1. The van der Waals surface area contributed by atoms with E-state index in [1.54, 1.807) is 0 Å². The molecule has 1 aromatic rings. The molecule has 3 N–H and O–H groups in total. The van der Waals surface area contributed by atoms with Gasteiger partial charge >= 0.3 is 0 Å². The van der Waals surface area contributed by atoms with Crippen LogP contribution in [0.5, 0.6) is 0 Å². The fraction of sp³-hybridized carbons (Fsp3) is 0.375. The van der Waals surface area contributed by atoms with Crippen LogP contribution in [0, 0.1) is 5.82 Å². The number of hydrogen-bond donors (Lipinski definition) is 2. The Labute approximate surface area is 70.0 Å². The van der Waals surface area contributed by atoms with Crippen molar-refractivity contribution in [1.29, 1.82) is 0 Å². The van der Waals surface area contributed by atoms with Gasteiger partial charge in [-0.1, -0.05) is 0 Å². The topological polar surface area (TPSA) is 59.1 Å². The smallest absolute Gasteiger partial charge is 0.147 e. The molecule has 0 aromatic carbocycles. The molecule has 0 saturated carbocycles. The second kappa shape index (κ2) is 3.16. The SMILES string of the molecule is CC(O)(CN)c1ncccc1F. The normalized spacial score (nSPS) is 15.7. The summed E-state index contributed by atoms with van der Waals surface area (Å²) >= 11 is 0. The molecule has 1 atom stereocenters. The van der Waals surface area contributed by atoms with Crippen molar-refractivity contribution in [2.24, 2.45) is 5.73 Å². The van der Waals surface area contributed by atoms with Crippen LogP contribution >= 0.6 is 0 Å². The van der Waals surface area contributed by atoms with E-state index in [1.165, 1.54) is 25.3 Å². The maximum absolute atomic E-state index is 13.0. The molecule has 3 nitrogen and oxygen atoms in total. The second-order valence-electron chi connectivity index (χ2n) is 2.81. The zero-order valence-corrected chi connectivity index (χ0v) is 6.79. The number of halogens is 1. The molecule has 0 amide bonds. The Kier molecular flexibility index (Phi) is 2.40. The minimum atomic E-state index is -1.38. The molecule has 0 spiro atoms.